The number of carbonyl (C=O) groups excluding carboxylic acids is 1. The molecule has 1 aliphatic rings. The first kappa shape index (κ1) is 13.2. The summed E-state index contributed by atoms with van der Waals surface area (Å²) in [6.45, 7) is 2.71. The van der Waals surface area contributed by atoms with Crippen molar-refractivity contribution < 1.29 is 4.79 Å². The normalized spacial score (nSPS) is 18.5. The molecule has 1 saturated heterocycles. The van der Waals surface area contributed by atoms with Gasteiger partial charge in [-0.1, -0.05) is 23.7 Å². The third-order valence-corrected chi connectivity index (χ3v) is 3.99. The molecule has 0 bridgehead atoms. The molecule has 0 unspecified atom stereocenters. The van der Waals surface area contributed by atoms with Gasteiger partial charge in [-0.25, -0.2) is 4.98 Å². The number of hydrogen-bond acceptors (Lipinski definition) is 2. The molecule has 2 heterocycles. The maximum Gasteiger partial charge on any atom is 0.255 e. The number of carbonyl (C=O) groups is 1. The van der Waals surface area contributed by atoms with Crippen LogP contribution >= 0.6 is 11.6 Å². The summed E-state index contributed by atoms with van der Waals surface area (Å²) in [7, 11) is 0. The first-order valence-electron chi connectivity index (χ1n) is 6.74. The molecule has 1 aliphatic heterocycles. The van der Waals surface area contributed by atoms with Gasteiger partial charge in [-0.3, -0.25) is 4.79 Å². The molecule has 3 rings (SSSR count). The van der Waals surface area contributed by atoms with Crippen molar-refractivity contribution in [3.8, 4) is 0 Å². The number of hydrogen-bond donors (Lipinski definition) is 1. The SMILES string of the molecule is Cc1cnc([C@@H]2CCCN2C(=O)c2ccccc2Cl)[nH]1. The van der Waals surface area contributed by atoms with Crippen molar-refractivity contribution in [2.24, 2.45) is 0 Å². The van der Waals surface area contributed by atoms with Gasteiger partial charge in [0.15, 0.2) is 0 Å². The number of aromatic nitrogens is 2. The molecule has 0 saturated carbocycles. The van der Waals surface area contributed by atoms with Crippen LogP contribution in [0.25, 0.3) is 0 Å². The molecule has 0 aliphatic carbocycles. The Labute approximate surface area is 122 Å². The number of rotatable bonds is 2. The van der Waals surface area contributed by atoms with E-state index >= 15 is 0 Å². The lowest BCUT2D eigenvalue weighted by atomic mass is 10.1. The average Bonchev–Trinajstić information content (AvgIpc) is 3.06. The molecule has 104 valence electrons. The lowest BCUT2D eigenvalue weighted by molar-refractivity contribution is 0.0730. The highest BCUT2D eigenvalue weighted by molar-refractivity contribution is 6.33. The third kappa shape index (κ3) is 2.31. The Morgan fingerprint density at radius 1 is 1.45 bits per heavy atom. The average molecular weight is 290 g/mol. The van der Waals surface area contributed by atoms with Gasteiger partial charge in [-0.05, 0) is 31.9 Å². The standard InChI is InChI=1S/C15H16ClN3O/c1-10-9-17-14(18-10)13-7-4-8-19(13)15(20)11-5-2-3-6-12(11)16/h2-3,5-6,9,13H,4,7-8H2,1H3,(H,17,18)/t13-/m0/s1. The summed E-state index contributed by atoms with van der Waals surface area (Å²) in [5.74, 6) is 0.840. The Morgan fingerprint density at radius 3 is 2.95 bits per heavy atom. The van der Waals surface area contributed by atoms with Gasteiger partial charge in [-0.2, -0.15) is 0 Å². The molecule has 1 atom stereocenters. The maximum absolute atomic E-state index is 12.7. The second-order valence-corrected chi connectivity index (χ2v) is 5.50. The molecule has 20 heavy (non-hydrogen) atoms. The van der Waals surface area contributed by atoms with Crippen molar-refractivity contribution in [3.63, 3.8) is 0 Å². The summed E-state index contributed by atoms with van der Waals surface area (Å²) in [5, 5.41) is 0.499. The maximum atomic E-state index is 12.7. The highest BCUT2D eigenvalue weighted by atomic mass is 35.5. The van der Waals surface area contributed by atoms with Crippen LogP contribution in [0.5, 0.6) is 0 Å². The van der Waals surface area contributed by atoms with Gasteiger partial charge in [0.2, 0.25) is 0 Å². The van der Waals surface area contributed by atoms with E-state index < -0.39 is 0 Å². The predicted molar refractivity (Wildman–Crippen MR) is 77.8 cm³/mol. The zero-order valence-electron chi connectivity index (χ0n) is 11.3. The van der Waals surface area contributed by atoms with Crippen LogP contribution in [0.15, 0.2) is 30.5 Å². The van der Waals surface area contributed by atoms with Crippen LogP contribution in [0.4, 0.5) is 0 Å². The number of H-pyrrole nitrogens is 1. The Balaban J connectivity index is 1.89. The molecule has 1 aromatic heterocycles. The Bertz CT molecular complexity index is 638. The quantitative estimate of drug-likeness (QED) is 0.922. The molecule has 1 N–H and O–H groups in total. The zero-order valence-corrected chi connectivity index (χ0v) is 12.0. The van der Waals surface area contributed by atoms with Gasteiger partial charge in [-0.15, -0.1) is 0 Å². The van der Waals surface area contributed by atoms with Crippen molar-refractivity contribution in [2.75, 3.05) is 6.54 Å². The number of nitrogens with zero attached hydrogens (tertiary/aromatic N) is 2. The van der Waals surface area contributed by atoms with E-state index in [0.29, 0.717) is 10.6 Å². The summed E-state index contributed by atoms with van der Waals surface area (Å²) in [5.41, 5.74) is 1.57. The minimum Gasteiger partial charge on any atom is -0.344 e. The van der Waals surface area contributed by atoms with Crippen LogP contribution in [0.3, 0.4) is 0 Å². The fraction of sp³-hybridized carbons (Fsp3) is 0.333. The van der Waals surface area contributed by atoms with E-state index in [1.165, 1.54) is 0 Å². The van der Waals surface area contributed by atoms with Gasteiger partial charge in [0, 0.05) is 18.4 Å². The van der Waals surface area contributed by atoms with E-state index in [9.17, 15) is 4.79 Å². The first-order chi connectivity index (χ1) is 9.66. The molecule has 0 radical (unpaired) electrons. The number of nitrogens with one attached hydrogen (secondary N) is 1. The molecule has 0 spiro atoms. The van der Waals surface area contributed by atoms with Crippen LogP contribution in [-0.4, -0.2) is 27.3 Å². The van der Waals surface area contributed by atoms with Crippen molar-refractivity contribution in [1.82, 2.24) is 14.9 Å². The Morgan fingerprint density at radius 2 is 2.25 bits per heavy atom. The van der Waals surface area contributed by atoms with E-state index in [0.717, 1.165) is 30.9 Å². The Hall–Kier alpha value is -1.81. The van der Waals surface area contributed by atoms with E-state index in [1.807, 2.05) is 24.0 Å². The predicted octanol–water partition coefficient (Wildman–Crippen LogP) is 3.35. The summed E-state index contributed by atoms with van der Waals surface area (Å²) in [6.07, 6.45) is 3.72. The van der Waals surface area contributed by atoms with Gasteiger partial charge in [0.05, 0.1) is 16.6 Å². The second-order valence-electron chi connectivity index (χ2n) is 5.09. The smallest absolute Gasteiger partial charge is 0.255 e. The molecular weight excluding hydrogens is 274 g/mol. The number of imidazole rings is 1. The highest BCUT2D eigenvalue weighted by Crippen LogP contribution is 2.32. The van der Waals surface area contributed by atoms with Crippen LogP contribution in [0.1, 0.15) is 40.8 Å². The molecule has 1 aromatic carbocycles. The lowest BCUT2D eigenvalue weighted by Gasteiger charge is -2.23. The van der Waals surface area contributed by atoms with Gasteiger partial charge >= 0.3 is 0 Å². The second kappa shape index (κ2) is 5.29. The van der Waals surface area contributed by atoms with Crippen LogP contribution in [-0.2, 0) is 0 Å². The van der Waals surface area contributed by atoms with E-state index in [2.05, 4.69) is 9.97 Å². The first-order valence-corrected chi connectivity index (χ1v) is 7.11. The monoisotopic (exact) mass is 289 g/mol. The van der Waals surface area contributed by atoms with Gasteiger partial charge < -0.3 is 9.88 Å². The highest BCUT2D eigenvalue weighted by Gasteiger charge is 2.32. The van der Waals surface area contributed by atoms with E-state index in [4.69, 9.17) is 11.6 Å². The van der Waals surface area contributed by atoms with Crippen LogP contribution < -0.4 is 0 Å². The summed E-state index contributed by atoms with van der Waals surface area (Å²) < 4.78 is 0. The van der Waals surface area contributed by atoms with Gasteiger partial charge in [0.1, 0.15) is 5.82 Å². The van der Waals surface area contributed by atoms with E-state index in [-0.39, 0.29) is 11.9 Å². The number of aromatic amines is 1. The van der Waals surface area contributed by atoms with Crippen LogP contribution in [0, 0.1) is 6.92 Å². The number of halogens is 1. The largest absolute Gasteiger partial charge is 0.344 e. The van der Waals surface area contributed by atoms with E-state index in [1.54, 1.807) is 18.3 Å². The fourth-order valence-electron chi connectivity index (χ4n) is 2.69. The van der Waals surface area contributed by atoms with Gasteiger partial charge in [0.25, 0.3) is 5.91 Å². The topological polar surface area (TPSA) is 49.0 Å². The van der Waals surface area contributed by atoms with Crippen LogP contribution in [0.2, 0.25) is 5.02 Å². The molecular formula is C15H16ClN3O. The van der Waals surface area contributed by atoms with Crippen molar-refractivity contribution in [2.45, 2.75) is 25.8 Å². The molecule has 1 amide bonds. The summed E-state index contributed by atoms with van der Waals surface area (Å²) >= 11 is 6.12. The minimum absolute atomic E-state index is 0.0208. The minimum atomic E-state index is -0.0212. The Kier molecular flexibility index (Phi) is 3.49. The fourth-order valence-corrected chi connectivity index (χ4v) is 2.90. The number of aryl methyl sites for hydroxylation is 1. The zero-order chi connectivity index (χ0) is 14.1. The third-order valence-electron chi connectivity index (χ3n) is 3.66. The lowest BCUT2D eigenvalue weighted by Crippen LogP contribution is -2.31. The number of likely N-dealkylation sites (tertiary alicyclic amines) is 1. The van der Waals surface area contributed by atoms with Crippen molar-refractivity contribution in [1.29, 1.82) is 0 Å². The molecule has 2 aromatic rings. The number of amides is 1. The molecule has 4 nitrogen and oxygen atoms in total. The number of benzene rings is 1. The molecule has 5 heteroatoms. The van der Waals surface area contributed by atoms with Crippen molar-refractivity contribution >= 4 is 17.5 Å². The molecule has 1 fully saturated rings. The summed E-state index contributed by atoms with van der Waals surface area (Å²) in [4.78, 5) is 22.1. The summed E-state index contributed by atoms with van der Waals surface area (Å²) in [6, 6.07) is 7.20. The van der Waals surface area contributed by atoms with Crippen molar-refractivity contribution in [3.05, 3.63) is 52.6 Å².